The van der Waals surface area contributed by atoms with Gasteiger partial charge in [-0.15, -0.1) is 0 Å². The lowest BCUT2D eigenvalue weighted by molar-refractivity contribution is 0.0600. The van der Waals surface area contributed by atoms with Crippen molar-refractivity contribution in [2.45, 2.75) is 24.0 Å². The summed E-state index contributed by atoms with van der Waals surface area (Å²) in [5.41, 5.74) is 0.0878. The van der Waals surface area contributed by atoms with E-state index in [-0.39, 0.29) is 16.7 Å². The highest BCUT2D eigenvalue weighted by molar-refractivity contribution is 7.89. The SMILES string of the molecule is COC(=O)c1coc(S(=O)(=O)N(C)C2CCNCC2)c1. The van der Waals surface area contributed by atoms with Crippen LogP contribution >= 0.6 is 0 Å². The normalized spacial score (nSPS) is 17.4. The quantitative estimate of drug-likeness (QED) is 0.812. The van der Waals surface area contributed by atoms with Gasteiger partial charge in [-0.3, -0.25) is 0 Å². The molecular weight excluding hydrogens is 284 g/mol. The van der Waals surface area contributed by atoms with Crippen LogP contribution in [0, 0.1) is 0 Å². The number of methoxy groups -OCH3 is 1. The molecule has 0 unspecified atom stereocenters. The van der Waals surface area contributed by atoms with Gasteiger partial charge in [0.2, 0.25) is 5.09 Å². The van der Waals surface area contributed by atoms with Crippen molar-refractivity contribution < 1.29 is 22.4 Å². The second-order valence-corrected chi connectivity index (χ2v) is 6.58. The van der Waals surface area contributed by atoms with Gasteiger partial charge in [0.05, 0.1) is 12.7 Å². The summed E-state index contributed by atoms with van der Waals surface area (Å²) < 4.78 is 35.7. The molecule has 1 aromatic heterocycles. The highest BCUT2D eigenvalue weighted by Gasteiger charge is 2.32. The van der Waals surface area contributed by atoms with E-state index in [1.165, 1.54) is 24.5 Å². The first kappa shape index (κ1) is 15.0. The van der Waals surface area contributed by atoms with Crippen LogP contribution < -0.4 is 5.32 Å². The van der Waals surface area contributed by atoms with Gasteiger partial charge in [0.25, 0.3) is 10.0 Å². The van der Waals surface area contributed by atoms with Gasteiger partial charge in [-0.1, -0.05) is 0 Å². The summed E-state index contributed by atoms with van der Waals surface area (Å²) in [5.74, 6) is -0.625. The minimum atomic E-state index is -3.73. The van der Waals surface area contributed by atoms with Crippen LogP contribution in [-0.4, -0.2) is 52.0 Å². The number of sulfonamides is 1. The average Bonchev–Trinajstić information content (AvgIpc) is 2.97. The molecule has 1 saturated heterocycles. The molecule has 0 atom stereocenters. The number of carbonyl (C=O) groups is 1. The molecule has 20 heavy (non-hydrogen) atoms. The molecule has 2 heterocycles. The molecule has 1 aliphatic rings. The Hall–Kier alpha value is -1.38. The number of furan rings is 1. The number of nitrogens with zero attached hydrogens (tertiary/aromatic N) is 1. The van der Waals surface area contributed by atoms with Crippen LogP contribution in [0.5, 0.6) is 0 Å². The summed E-state index contributed by atoms with van der Waals surface area (Å²) in [6, 6.07) is 1.13. The van der Waals surface area contributed by atoms with E-state index in [1.807, 2.05) is 0 Å². The fraction of sp³-hybridized carbons (Fsp3) is 0.583. The molecule has 7 nitrogen and oxygen atoms in total. The number of piperidine rings is 1. The Kier molecular flexibility index (Phi) is 4.46. The number of esters is 1. The molecule has 0 aliphatic carbocycles. The highest BCUT2D eigenvalue weighted by Crippen LogP contribution is 2.22. The summed E-state index contributed by atoms with van der Waals surface area (Å²) in [6.45, 7) is 1.58. The van der Waals surface area contributed by atoms with E-state index in [1.54, 1.807) is 0 Å². The Morgan fingerprint density at radius 1 is 1.45 bits per heavy atom. The molecule has 0 bridgehead atoms. The second-order valence-electron chi connectivity index (χ2n) is 4.65. The lowest BCUT2D eigenvalue weighted by atomic mass is 10.1. The predicted molar refractivity (Wildman–Crippen MR) is 70.9 cm³/mol. The zero-order chi connectivity index (χ0) is 14.8. The van der Waals surface area contributed by atoms with Gasteiger partial charge >= 0.3 is 5.97 Å². The number of carbonyl (C=O) groups excluding carboxylic acids is 1. The Morgan fingerprint density at radius 2 is 2.10 bits per heavy atom. The van der Waals surface area contributed by atoms with Gasteiger partial charge in [-0.25, -0.2) is 13.2 Å². The van der Waals surface area contributed by atoms with Gasteiger partial charge in [0.15, 0.2) is 0 Å². The third-order valence-electron chi connectivity index (χ3n) is 3.45. The van der Waals surface area contributed by atoms with Crippen molar-refractivity contribution in [2.75, 3.05) is 27.2 Å². The third kappa shape index (κ3) is 2.87. The van der Waals surface area contributed by atoms with Crippen LogP contribution in [0.4, 0.5) is 0 Å². The Bertz CT molecular complexity index is 574. The number of nitrogens with one attached hydrogen (secondary N) is 1. The summed E-state index contributed by atoms with van der Waals surface area (Å²) in [7, 11) is -0.968. The van der Waals surface area contributed by atoms with Gasteiger partial charge in [-0.2, -0.15) is 4.31 Å². The minimum absolute atomic E-state index is 0.0621. The van der Waals surface area contributed by atoms with Crippen molar-refractivity contribution in [3.8, 4) is 0 Å². The fourth-order valence-corrected chi connectivity index (χ4v) is 3.52. The Labute approximate surface area is 117 Å². The first-order chi connectivity index (χ1) is 9.46. The van der Waals surface area contributed by atoms with Crippen molar-refractivity contribution >= 4 is 16.0 Å². The minimum Gasteiger partial charge on any atom is -0.465 e. The van der Waals surface area contributed by atoms with Crippen LogP contribution in [-0.2, 0) is 14.8 Å². The first-order valence-corrected chi connectivity index (χ1v) is 7.76. The highest BCUT2D eigenvalue weighted by atomic mass is 32.2. The second kappa shape index (κ2) is 5.94. The summed E-state index contributed by atoms with van der Waals surface area (Å²) in [6.07, 6.45) is 2.59. The number of hydrogen-bond acceptors (Lipinski definition) is 6. The number of ether oxygens (including phenoxy) is 1. The molecule has 8 heteroatoms. The van der Waals surface area contributed by atoms with Gasteiger partial charge in [0, 0.05) is 19.2 Å². The molecule has 112 valence electrons. The maximum atomic E-state index is 12.4. The molecule has 0 radical (unpaired) electrons. The topological polar surface area (TPSA) is 88.8 Å². The van der Waals surface area contributed by atoms with Crippen molar-refractivity contribution in [3.05, 3.63) is 17.9 Å². The largest absolute Gasteiger partial charge is 0.465 e. The molecule has 2 rings (SSSR count). The molecule has 0 spiro atoms. The third-order valence-corrected chi connectivity index (χ3v) is 5.23. The van der Waals surface area contributed by atoms with E-state index in [0.29, 0.717) is 0 Å². The lowest BCUT2D eigenvalue weighted by Crippen LogP contribution is -2.43. The average molecular weight is 302 g/mol. The van der Waals surface area contributed by atoms with E-state index in [0.717, 1.165) is 32.2 Å². The molecular formula is C12H18N2O5S. The number of rotatable bonds is 4. The van der Waals surface area contributed by atoms with E-state index in [4.69, 9.17) is 4.42 Å². The Balaban J connectivity index is 2.20. The van der Waals surface area contributed by atoms with Crippen molar-refractivity contribution in [1.82, 2.24) is 9.62 Å². The molecule has 1 N–H and O–H groups in total. The van der Waals surface area contributed by atoms with Crippen molar-refractivity contribution in [3.63, 3.8) is 0 Å². The number of hydrogen-bond donors (Lipinski definition) is 1. The maximum absolute atomic E-state index is 12.4. The summed E-state index contributed by atoms with van der Waals surface area (Å²) in [5, 5.41) is 2.94. The monoisotopic (exact) mass is 302 g/mol. The molecule has 1 aromatic rings. The van der Waals surface area contributed by atoms with E-state index >= 15 is 0 Å². The van der Waals surface area contributed by atoms with Gasteiger partial charge in [0.1, 0.15) is 6.26 Å². The van der Waals surface area contributed by atoms with E-state index in [2.05, 4.69) is 10.1 Å². The smallest absolute Gasteiger partial charge is 0.341 e. The van der Waals surface area contributed by atoms with Crippen LogP contribution in [0.3, 0.4) is 0 Å². The molecule has 1 aliphatic heterocycles. The predicted octanol–water partition coefficient (Wildman–Crippen LogP) is 0.439. The summed E-state index contributed by atoms with van der Waals surface area (Å²) in [4.78, 5) is 11.3. The van der Waals surface area contributed by atoms with Crippen LogP contribution in [0.25, 0.3) is 0 Å². The van der Waals surface area contributed by atoms with Crippen molar-refractivity contribution in [1.29, 1.82) is 0 Å². The van der Waals surface area contributed by atoms with Gasteiger partial charge < -0.3 is 14.5 Å². The maximum Gasteiger partial charge on any atom is 0.341 e. The standard InChI is InChI=1S/C12H18N2O5S/c1-14(10-3-5-13-6-4-10)20(16,17)11-7-9(8-19-11)12(15)18-2/h7-8,10,13H,3-6H2,1-2H3. The lowest BCUT2D eigenvalue weighted by Gasteiger charge is -2.30. The zero-order valence-corrected chi connectivity index (χ0v) is 12.3. The zero-order valence-electron chi connectivity index (χ0n) is 11.5. The molecule has 0 saturated carbocycles. The van der Waals surface area contributed by atoms with E-state index < -0.39 is 16.0 Å². The van der Waals surface area contributed by atoms with Crippen molar-refractivity contribution in [2.24, 2.45) is 0 Å². The first-order valence-electron chi connectivity index (χ1n) is 6.32. The van der Waals surface area contributed by atoms with Crippen LogP contribution in [0.15, 0.2) is 21.8 Å². The molecule has 0 amide bonds. The Morgan fingerprint density at radius 3 is 2.70 bits per heavy atom. The van der Waals surface area contributed by atoms with E-state index in [9.17, 15) is 13.2 Å². The van der Waals surface area contributed by atoms with Gasteiger partial charge in [-0.05, 0) is 25.9 Å². The van der Waals surface area contributed by atoms with Crippen LogP contribution in [0.1, 0.15) is 23.2 Å². The van der Waals surface area contributed by atoms with Crippen LogP contribution in [0.2, 0.25) is 0 Å². The fourth-order valence-electron chi connectivity index (χ4n) is 2.19. The molecule has 1 fully saturated rings. The summed E-state index contributed by atoms with van der Waals surface area (Å²) >= 11 is 0. The molecule has 0 aromatic carbocycles.